The molecule has 0 spiro atoms. The topological polar surface area (TPSA) is 67.4 Å². The van der Waals surface area contributed by atoms with E-state index in [4.69, 9.17) is 15.0 Å². The first-order valence-electron chi connectivity index (χ1n) is 15.2. The van der Waals surface area contributed by atoms with E-state index in [0.29, 0.717) is 23.1 Å². The van der Waals surface area contributed by atoms with Crippen molar-refractivity contribution in [1.29, 1.82) is 5.26 Å². The van der Waals surface area contributed by atoms with Crippen LogP contribution >= 0.6 is 0 Å². The summed E-state index contributed by atoms with van der Waals surface area (Å²) < 4.78 is 2.24. The first-order valence-corrected chi connectivity index (χ1v) is 15.2. The quantitative estimate of drug-likeness (QED) is 0.207. The lowest BCUT2D eigenvalue weighted by molar-refractivity contribution is 0.816. The van der Waals surface area contributed by atoms with E-state index < -0.39 is 0 Å². The minimum Gasteiger partial charge on any atom is -0.277 e. The van der Waals surface area contributed by atoms with Gasteiger partial charge in [-0.2, -0.15) is 10.2 Å². The lowest BCUT2D eigenvalue weighted by atomic mass is 9.77. The molecule has 5 aromatic carbocycles. The number of benzene rings is 5. The maximum absolute atomic E-state index is 9.67. The van der Waals surface area contributed by atoms with Crippen molar-refractivity contribution in [1.82, 2.24) is 19.5 Å². The van der Waals surface area contributed by atoms with E-state index in [9.17, 15) is 5.26 Å². The van der Waals surface area contributed by atoms with E-state index in [1.807, 2.05) is 36.4 Å². The number of aromatic nitrogens is 4. The molecule has 0 aliphatic heterocycles. The van der Waals surface area contributed by atoms with Crippen LogP contribution < -0.4 is 0 Å². The summed E-state index contributed by atoms with van der Waals surface area (Å²) in [4.78, 5) is 15.1. The molecule has 0 N–H and O–H groups in total. The maximum Gasteiger partial charge on any atom is 0.237 e. The summed E-state index contributed by atoms with van der Waals surface area (Å²) >= 11 is 0. The lowest BCUT2D eigenvalue weighted by Gasteiger charge is -2.27. The molecule has 5 nitrogen and oxygen atoms in total. The summed E-state index contributed by atoms with van der Waals surface area (Å²) in [6.45, 7) is 0. The number of rotatable bonds is 2. The van der Waals surface area contributed by atoms with E-state index in [1.54, 1.807) is 6.20 Å². The molecule has 10 rings (SSSR count). The van der Waals surface area contributed by atoms with Gasteiger partial charge in [0.05, 0.1) is 28.4 Å². The van der Waals surface area contributed by atoms with Crippen molar-refractivity contribution in [3.05, 3.63) is 144 Å². The third-order valence-electron chi connectivity index (χ3n) is 9.61. The molecule has 1 unspecified atom stereocenters. The molecule has 5 heteroatoms. The van der Waals surface area contributed by atoms with Gasteiger partial charge in [-0.1, -0.05) is 78.9 Å². The molecule has 0 radical (unpaired) electrons. The van der Waals surface area contributed by atoms with Crippen LogP contribution in [0, 0.1) is 11.3 Å². The van der Waals surface area contributed by atoms with Crippen molar-refractivity contribution in [2.24, 2.45) is 0 Å². The van der Waals surface area contributed by atoms with Crippen LogP contribution in [0.25, 0.3) is 72.3 Å². The standard InChI is InChI=1S/C40H23N5/c41-22-23-9-7-11-25(19-23)37-30-16-8-18-42-39(30)44-40(43-37)45-34-17-6-5-15-29(34)33-21-32-28-14-4-3-13-27(28)31-20-24-10-1-2-12-26(24)36(35(31)32)38(33)45/h1-19,21,31H,20H2. The van der Waals surface area contributed by atoms with Gasteiger partial charge in [0, 0.05) is 39.4 Å². The van der Waals surface area contributed by atoms with Crippen LogP contribution in [-0.2, 0) is 6.42 Å². The second-order valence-electron chi connectivity index (χ2n) is 11.9. The van der Waals surface area contributed by atoms with Gasteiger partial charge < -0.3 is 0 Å². The van der Waals surface area contributed by atoms with Crippen LogP contribution in [0.15, 0.2) is 121 Å². The van der Waals surface area contributed by atoms with Crippen LogP contribution in [0.3, 0.4) is 0 Å². The minimum absolute atomic E-state index is 0.292. The molecule has 208 valence electrons. The van der Waals surface area contributed by atoms with Crippen molar-refractivity contribution < 1.29 is 0 Å². The average molecular weight is 574 g/mol. The number of nitriles is 1. The second-order valence-corrected chi connectivity index (χ2v) is 11.9. The smallest absolute Gasteiger partial charge is 0.237 e. The maximum atomic E-state index is 9.67. The molecule has 2 aliphatic carbocycles. The monoisotopic (exact) mass is 573 g/mol. The van der Waals surface area contributed by atoms with Crippen LogP contribution in [0.5, 0.6) is 0 Å². The van der Waals surface area contributed by atoms with E-state index in [-0.39, 0.29) is 0 Å². The van der Waals surface area contributed by atoms with Crippen molar-refractivity contribution in [3.63, 3.8) is 0 Å². The zero-order valence-corrected chi connectivity index (χ0v) is 24.1. The molecule has 0 fully saturated rings. The molecule has 0 bridgehead atoms. The highest BCUT2D eigenvalue weighted by Gasteiger charge is 2.38. The third kappa shape index (κ3) is 3.28. The summed E-state index contributed by atoms with van der Waals surface area (Å²) in [6.07, 6.45) is 2.75. The van der Waals surface area contributed by atoms with Crippen LogP contribution in [0.1, 0.15) is 28.2 Å². The first kappa shape index (κ1) is 24.3. The Bertz CT molecular complexity index is 2600. The SMILES string of the molecule is N#Cc1cccc(-c2nc(-n3c4ccccc4c4cc5c6c(c43)-c3ccccc3CC6c3ccccc3-5)nc3ncccc23)c1. The molecular formula is C40H23N5. The van der Waals surface area contributed by atoms with Gasteiger partial charge in [-0.15, -0.1) is 0 Å². The summed E-state index contributed by atoms with van der Waals surface area (Å²) in [5.74, 6) is 0.858. The molecule has 1 atom stereocenters. The summed E-state index contributed by atoms with van der Waals surface area (Å²) in [5, 5.41) is 12.9. The van der Waals surface area contributed by atoms with Crippen LogP contribution in [0.2, 0.25) is 0 Å². The van der Waals surface area contributed by atoms with E-state index in [1.165, 1.54) is 44.3 Å². The Hall–Kier alpha value is -6.12. The van der Waals surface area contributed by atoms with Gasteiger partial charge in [0.2, 0.25) is 5.95 Å². The molecule has 2 aliphatic rings. The molecule has 0 saturated heterocycles. The predicted octanol–water partition coefficient (Wildman–Crippen LogP) is 9.00. The zero-order valence-electron chi connectivity index (χ0n) is 24.1. The lowest BCUT2D eigenvalue weighted by Crippen LogP contribution is -2.12. The zero-order chi connectivity index (χ0) is 29.6. The van der Waals surface area contributed by atoms with Crippen molar-refractivity contribution >= 4 is 32.8 Å². The highest BCUT2D eigenvalue weighted by molar-refractivity contribution is 6.17. The van der Waals surface area contributed by atoms with E-state index >= 15 is 0 Å². The highest BCUT2D eigenvalue weighted by atomic mass is 15.2. The van der Waals surface area contributed by atoms with Gasteiger partial charge in [0.25, 0.3) is 0 Å². The summed E-state index contributed by atoms with van der Waals surface area (Å²) in [5.41, 5.74) is 14.3. The largest absolute Gasteiger partial charge is 0.277 e. The van der Waals surface area contributed by atoms with Gasteiger partial charge in [0.1, 0.15) is 0 Å². The molecule has 0 amide bonds. The average Bonchev–Trinajstić information content (AvgIpc) is 3.61. The van der Waals surface area contributed by atoms with Gasteiger partial charge in [-0.3, -0.25) is 4.57 Å². The molecule has 8 aromatic rings. The molecule has 3 aromatic heterocycles. The normalized spacial score (nSPS) is 14.3. The van der Waals surface area contributed by atoms with Gasteiger partial charge >= 0.3 is 0 Å². The number of pyridine rings is 1. The van der Waals surface area contributed by atoms with Crippen molar-refractivity contribution in [2.45, 2.75) is 12.3 Å². The summed E-state index contributed by atoms with van der Waals surface area (Å²) in [6, 6.07) is 42.5. The Morgan fingerprint density at radius 3 is 2.47 bits per heavy atom. The molecule has 45 heavy (non-hydrogen) atoms. The van der Waals surface area contributed by atoms with Gasteiger partial charge in [-0.25, -0.2) is 9.97 Å². The van der Waals surface area contributed by atoms with E-state index in [2.05, 4.69) is 89.5 Å². The Kier molecular flexibility index (Phi) is 4.84. The Morgan fingerprint density at radius 1 is 0.711 bits per heavy atom. The van der Waals surface area contributed by atoms with Crippen LogP contribution in [-0.4, -0.2) is 19.5 Å². The fraction of sp³-hybridized carbons (Fsp3) is 0.0500. The number of nitrogens with zero attached hydrogens (tertiary/aromatic N) is 5. The van der Waals surface area contributed by atoms with Gasteiger partial charge in [-0.05, 0) is 76.2 Å². The van der Waals surface area contributed by atoms with Gasteiger partial charge in [0.15, 0.2) is 5.65 Å². The second kappa shape index (κ2) is 8.95. The fourth-order valence-corrected chi connectivity index (χ4v) is 7.79. The Balaban J connectivity index is 1.38. The Labute approximate surface area is 258 Å². The molecule has 0 saturated carbocycles. The number of fused-ring (bicyclic) bond motifs is 10. The first-order chi connectivity index (χ1) is 22.3. The third-order valence-corrected chi connectivity index (χ3v) is 9.61. The van der Waals surface area contributed by atoms with Crippen molar-refractivity contribution in [2.75, 3.05) is 0 Å². The highest BCUT2D eigenvalue weighted by Crippen LogP contribution is 2.57. The number of hydrogen-bond donors (Lipinski definition) is 0. The Morgan fingerprint density at radius 2 is 1.53 bits per heavy atom. The van der Waals surface area contributed by atoms with E-state index in [0.717, 1.165) is 39.5 Å². The number of para-hydroxylation sites is 1. The minimum atomic E-state index is 0.292. The predicted molar refractivity (Wildman–Crippen MR) is 178 cm³/mol. The fourth-order valence-electron chi connectivity index (χ4n) is 7.79. The molecule has 3 heterocycles. The number of hydrogen-bond acceptors (Lipinski definition) is 4. The van der Waals surface area contributed by atoms with Crippen LogP contribution in [0.4, 0.5) is 0 Å². The summed E-state index contributed by atoms with van der Waals surface area (Å²) in [7, 11) is 0. The molecular weight excluding hydrogens is 550 g/mol. The van der Waals surface area contributed by atoms with Crippen molar-refractivity contribution in [3.8, 4) is 45.5 Å².